The summed E-state index contributed by atoms with van der Waals surface area (Å²) in [5.41, 5.74) is 5.28. The molecule has 146 valence electrons. The van der Waals surface area contributed by atoms with E-state index in [1.54, 1.807) is 26.6 Å². The van der Waals surface area contributed by atoms with Crippen LogP contribution in [-0.4, -0.2) is 24.2 Å². The first kappa shape index (κ1) is 19.2. The number of benzene rings is 2. The maximum Gasteiger partial charge on any atom is 0.128 e. The Morgan fingerprint density at radius 3 is 1.37 bits per heavy atom. The van der Waals surface area contributed by atoms with Crippen LogP contribution in [0.25, 0.3) is 22.5 Å². The zero-order chi connectivity index (χ0) is 20.8. The van der Waals surface area contributed by atoms with Crippen LogP contribution in [0.1, 0.15) is 11.1 Å². The van der Waals surface area contributed by atoms with E-state index in [-0.39, 0.29) is 0 Å². The van der Waals surface area contributed by atoms with Crippen molar-refractivity contribution < 1.29 is 9.47 Å². The van der Waals surface area contributed by atoms with Crippen LogP contribution in [0, 0.1) is 11.8 Å². The van der Waals surface area contributed by atoms with Crippen LogP contribution < -0.4 is 9.47 Å². The summed E-state index contributed by atoms with van der Waals surface area (Å²) in [5.74, 6) is 7.88. The first-order valence-corrected chi connectivity index (χ1v) is 9.49. The van der Waals surface area contributed by atoms with Gasteiger partial charge in [-0.05, 0) is 48.5 Å². The van der Waals surface area contributed by atoms with Crippen molar-refractivity contribution in [1.29, 1.82) is 0 Å². The molecule has 4 rings (SSSR count). The molecule has 2 heterocycles. The maximum atomic E-state index is 5.41. The molecule has 0 aliphatic heterocycles. The summed E-state index contributed by atoms with van der Waals surface area (Å²) >= 11 is 0. The summed E-state index contributed by atoms with van der Waals surface area (Å²) in [7, 11) is 3.32. The summed E-state index contributed by atoms with van der Waals surface area (Å²) in [6.45, 7) is 0. The smallest absolute Gasteiger partial charge is 0.128 e. The molecule has 0 N–H and O–H groups in total. The number of hydrogen-bond donors (Lipinski definition) is 0. The quantitative estimate of drug-likeness (QED) is 0.446. The second-order valence-corrected chi connectivity index (χ2v) is 6.51. The average Bonchev–Trinajstić information content (AvgIpc) is 2.83. The van der Waals surface area contributed by atoms with Crippen LogP contribution in [0.2, 0.25) is 0 Å². The predicted molar refractivity (Wildman–Crippen MR) is 118 cm³/mol. The molecule has 2 aromatic carbocycles. The largest absolute Gasteiger partial charge is 0.496 e. The third kappa shape index (κ3) is 4.16. The molecule has 0 bridgehead atoms. The highest BCUT2D eigenvalue weighted by atomic mass is 16.5. The van der Waals surface area contributed by atoms with Gasteiger partial charge in [0, 0.05) is 34.6 Å². The van der Waals surface area contributed by atoms with Gasteiger partial charge in [0.15, 0.2) is 0 Å². The third-order valence-electron chi connectivity index (χ3n) is 4.64. The van der Waals surface area contributed by atoms with E-state index in [0.29, 0.717) is 0 Å². The molecule has 0 saturated heterocycles. The maximum absolute atomic E-state index is 5.41. The Balaban J connectivity index is 1.53. The van der Waals surface area contributed by atoms with Crippen molar-refractivity contribution in [3.8, 4) is 45.9 Å². The van der Waals surface area contributed by atoms with Crippen LogP contribution in [0.15, 0.2) is 85.2 Å². The minimum atomic E-state index is 0.796. The number of aromatic nitrogens is 2. The van der Waals surface area contributed by atoms with Gasteiger partial charge in [-0.25, -0.2) is 0 Å². The average molecular weight is 392 g/mol. The molecule has 4 nitrogen and oxygen atoms in total. The van der Waals surface area contributed by atoms with E-state index in [4.69, 9.17) is 9.47 Å². The number of methoxy groups -OCH3 is 2. The van der Waals surface area contributed by atoms with Gasteiger partial charge in [0.25, 0.3) is 0 Å². The van der Waals surface area contributed by atoms with Gasteiger partial charge >= 0.3 is 0 Å². The second-order valence-electron chi connectivity index (χ2n) is 6.51. The van der Waals surface area contributed by atoms with Crippen molar-refractivity contribution in [2.75, 3.05) is 14.2 Å². The molecule has 0 unspecified atom stereocenters. The molecule has 30 heavy (non-hydrogen) atoms. The topological polar surface area (TPSA) is 44.2 Å². The van der Waals surface area contributed by atoms with Crippen molar-refractivity contribution in [2.45, 2.75) is 0 Å². The fourth-order valence-corrected chi connectivity index (χ4v) is 3.11. The summed E-state index contributed by atoms with van der Waals surface area (Å²) in [4.78, 5) is 9.06. The van der Waals surface area contributed by atoms with Gasteiger partial charge in [0.2, 0.25) is 0 Å². The van der Waals surface area contributed by atoms with E-state index in [2.05, 4.69) is 21.8 Å². The Morgan fingerprint density at radius 2 is 1.00 bits per heavy atom. The summed E-state index contributed by atoms with van der Waals surface area (Å²) in [5, 5.41) is 0. The third-order valence-corrected chi connectivity index (χ3v) is 4.64. The lowest BCUT2D eigenvalue weighted by molar-refractivity contribution is 0.416. The molecule has 4 aromatic rings. The lowest BCUT2D eigenvalue weighted by Gasteiger charge is -2.07. The Kier molecular flexibility index (Phi) is 5.73. The van der Waals surface area contributed by atoms with Crippen molar-refractivity contribution in [1.82, 2.24) is 9.97 Å². The fourth-order valence-electron chi connectivity index (χ4n) is 3.11. The van der Waals surface area contributed by atoms with E-state index in [1.807, 2.05) is 72.8 Å². The molecule has 0 atom stereocenters. The molecule has 0 saturated carbocycles. The highest BCUT2D eigenvalue weighted by molar-refractivity contribution is 5.68. The molecule has 0 radical (unpaired) electrons. The van der Waals surface area contributed by atoms with Gasteiger partial charge < -0.3 is 9.47 Å². The molecule has 0 aliphatic carbocycles. The summed E-state index contributed by atoms with van der Waals surface area (Å²) in [6.07, 6.45) is 3.54. The zero-order valence-corrected chi connectivity index (χ0v) is 16.8. The Labute approximate surface area is 176 Å². The number of hydrogen-bond acceptors (Lipinski definition) is 4. The molecule has 2 aromatic heterocycles. The fraction of sp³-hybridized carbons (Fsp3) is 0.0769. The standard InChI is InChI=1S/C26H20N2O2/c1-29-25-9-5-3-7-21(25)23-15-13-19(17-27-23)11-12-20-14-16-24(28-18-20)22-8-4-6-10-26(22)30-2/h3-10,13-18H,1-2H3. The first-order valence-electron chi connectivity index (χ1n) is 9.49. The number of pyridine rings is 2. The van der Waals surface area contributed by atoms with E-state index in [1.165, 1.54) is 0 Å². The van der Waals surface area contributed by atoms with Gasteiger partial charge in [0.1, 0.15) is 11.5 Å². The van der Waals surface area contributed by atoms with E-state index in [0.717, 1.165) is 45.1 Å². The van der Waals surface area contributed by atoms with Crippen LogP contribution in [0.5, 0.6) is 11.5 Å². The Morgan fingerprint density at radius 1 is 0.567 bits per heavy atom. The van der Waals surface area contributed by atoms with Gasteiger partial charge in [-0.3, -0.25) is 9.97 Å². The molecule has 0 spiro atoms. The minimum absolute atomic E-state index is 0.796. The van der Waals surface area contributed by atoms with Gasteiger partial charge in [-0.15, -0.1) is 0 Å². The Bertz CT molecular complexity index is 1110. The van der Waals surface area contributed by atoms with Crippen molar-refractivity contribution in [2.24, 2.45) is 0 Å². The van der Waals surface area contributed by atoms with Crippen LogP contribution in [0.3, 0.4) is 0 Å². The van der Waals surface area contributed by atoms with E-state index >= 15 is 0 Å². The molecular formula is C26H20N2O2. The van der Waals surface area contributed by atoms with Gasteiger partial charge in [-0.2, -0.15) is 0 Å². The van der Waals surface area contributed by atoms with Crippen LogP contribution in [0.4, 0.5) is 0 Å². The normalized spacial score (nSPS) is 10.1. The number of ether oxygens (including phenoxy) is 2. The number of nitrogens with zero attached hydrogens (tertiary/aromatic N) is 2. The molecule has 0 fully saturated rings. The zero-order valence-electron chi connectivity index (χ0n) is 16.8. The highest BCUT2D eigenvalue weighted by Gasteiger charge is 2.06. The SMILES string of the molecule is COc1ccccc1-c1ccc(C#Cc2ccc(-c3ccccc3OC)nc2)cn1. The Hall–Kier alpha value is -4.10. The summed E-state index contributed by atoms with van der Waals surface area (Å²) in [6, 6.07) is 23.4. The van der Waals surface area contributed by atoms with E-state index in [9.17, 15) is 0 Å². The minimum Gasteiger partial charge on any atom is -0.496 e. The van der Waals surface area contributed by atoms with Crippen LogP contribution in [-0.2, 0) is 0 Å². The lowest BCUT2D eigenvalue weighted by atomic mass is 10.1. The molecular weight excluding hydrogens is 372 g/mol. The monoisotopic (exact) mass is 392 g/mol. The van der Waals surface area contributed by atoms with E-state index < -0.39 is 0 Å². The van der Waals surface area contributed by atoms with Gasteiger partial charge in [-0.1, -0.05) is 36.1 Å². The second kappa shape index (κ2) is 8.93. The van der Waals surface area contributed by atoms with Crippen molar-refractivity contribution in [3.05, 3.63) is 96.3 Å². The molecule has 0 aliphatic rings. The summed E-state index contributed by atoms with van der Waals surface area (Å²) < 4.78 is 10.8. The lowest BCUT2D eigenvalue weighted by Crippen LogP contribution is -1.90. The van der Waals surface area contributed by atoms with Crippen LogP contribution >= 0.6 is 0 Å². The molecule has 4 heteroatoms. The first-order chi connectivity index (χ1) is 14.8. The highest BCUT2D eigenvalue weighted by Crippen LogP contribution is 2.28. The van der Waals surface area contributed by atoms with Crippen molar-refractivity contribution >= 4 is 0 Å². The van der Waals surface area contributed by atoms with Crippen molar-refractivity contribution in [3.63, 3.8) is 0 Å². The van der Waals surface area contributed by atoms with Gasteiger partial charge in [0.05, 0.1) is 25.6 Å². The number of para-hydroxylation sites is 2. The number of rotatable bonds is 4. The predicted octanol–water partition coefficient (Wildman–Crippen LogP) is 5.23. The molecule has 0 amide bonds.